The van der Waals surface area contributed by atoms with E-state index in [0.29, 0.717) is 25.6 Å². The molecule has 2 saturated heterocycles. The van der Waals surface area contributed by atoms with Crippen LogP contribution in [0.4, 0.5) is 4.79 Å². The van der Waals surface area contributed by atoms with Gasteiger partial charge in [-0.1, -0.05) is 12.1 Å². The molecule has 1 unspecified atom stereocenters. The van der Waals surface area contributed by atoms with Crippen molar-refractivity contribution in [2.45, 2.75) is 76.0 Å². The lowest BCUT2D eigenvalue weighted by molar-refractivity contribution is -0.147. The molecule has 7 nitrogen and oxygen atoms in total. The van der Waals surface area contributed by atoms with E-state index in [4.69, 9.17) is 9.47 Å². The van der Waals surface area contributed by atoms with Crippen molar-refractivity contribution in [1.82, 2.24) is 15.1 Å². The first kappa shape index (κ1) is 22.9. The van der Waals surface area contributed by atoms with E-state index in [0.717, 1.165) is 69.3 Å². The summed E-state index contributed by atoms with van der Waals surface area (Å²) in [5, 5.41) is 3.00. The molecule has 1 aliphatic carbocycles. The number of urea groups is 1. The number of hydrogen-bond acceptors (Lipinski definition) is 4. The second-order valence-electron chi connectivity index (χ2n) is 9.38. The molecule has 3 amide bonds. The number of carbonyl (C=O) groups excluding carboxylic acids is 2. The number of piperidine rings is 1. The van der Waals surface area contributed by atoms with E-state index < -0.39 is 0 Å². The van der Waals surface area contributed by atoms with Crippen LogP contribution in [0.2, 0.25) is 0 Å². The van der Waals surface area contributed by atoms with Crippen molar-refractivity contribution in [2.24, 2.45) is 0 Å². The molecule has 1 atom stereocenters. The third-order valence-corrected chi connectivity index (χ3v) is 7.18. The molecule has 1 saturated carbocycles. The highest BCUT2D eigenvalue weighted by molar-refractivity contribution is 5.76. The normalized spacial score (nSPS) is 22.4. The monoisotopic (exact) mass is 443 g/mol. The largest absolute Gasteiger partial charge is 0.497 e. The van der Waals surface area contributed by atoms with E-state index in [9.17, 15) is 9.59 Å². The number of carbonyl (C=O) groups is 2. The molecule has 1 spiro atoms. The summed E-state index contributed by atoms with van der Waals surface area (Å²) in [7, 11) is 1.66. The molecule has 32 heavy (non-hydrogen) atoms. The zero-order valence-electron chi connectivity index (χ0n) is 19.5. The van der Waals surface area contributed by atoms with Gasteiger partial charge < -0.3 is 24.6 Å². The molecule has 176 valence electrons. The average molecular weight is 444 g/mol. The maximum atomic E-state index is 12.8. The van der Waals surface area contributed by atoms with Crippen molar-refractivity contribution in [2.75, 3.05) is 33.4 Å². The number of nitrogens with one attached hydrogen (secondary N) is 1. The van der Waals surface area contributed by atoms with Gasteiger partial charge in [-0.15, -0.1) is 0 Å². The van der Waals surface area contributed by atoms with Gasteiger partial charge in [0, 0.05) is 44.7 Å². The zero-order chi connectivity index (χ0) is 22.6. The highest BCUT2D eigenvalue weighted by Gasteiger charge is 2.46. The molecular weight excluding hydrogens is 406 g/mol. The van der Waals surface area contributed by atoms with E-state index in [1.54, 1.807) is 7.11 Å². The summed E-state index contributed by atoms with van der Waals surface area (Å²) in [4.78, 5) is 29.6. The smallest absolute Gasteiger partial charge is 0.317 e. The fourth-order valence-corrected chi connectivity index (χ4v) is 5.18. The van der Waals surface area contributed by atoms with E-state index >= 15 is 0 Å². The van der Waals surface area contributed by atoms with Crippen molar-refractivity contribution in [3.63, 3.8) is 0 Å². The standard InChI is InChI=1S/C25H37N3O4/c1-3-26-24(30)28(20-7-8-20)21-12-17-32-25(18-21)13-15-27(16-14-25)23(29)11-6-19-4-9-22(31-2)10-5-19/h4-5,9-10,20-21H,3,6-8,11-18H2,1-2H3,(H,26,30). The van der Waals surface area contributed by atoms with Crippen molar-refractivity contribution in [1.29, 1.82) is 0 Å². The number of amides is 3. The average Bonchev–Trinajstić information content (AvgIpc) is 3.64. The second kappa shape index (κ2) is 10.1. The summed E-state index contributed by atoms with van der Waals surface area (Å²) in [5.74, 6) is 1.05. The van der Waals surface area contributed by atoms with Crippen molar-refractivity contribution >= 4 is 11.9 Å². The van der Waals surface area contributed by atoms with Gasteiger partial charge in [-0.25, -0.2) is 4.79 Å². The highest BCUT2D eigenvalue weighted by atomic mass is 16.5. The Morgan fingerprint density at radius 2 is 1.88 bits per heavy atom. The molecule has 0 radical (unpaired) electrons. The summed E-state index contributed by atoms with van der Waals surface area (Å²) >= 11 is 0. The first-order chi connectivity index (χ1) is 15.5. The SMILES string of the molecule is CCNC(=O)N(C1CC1)C1CCOC2(CCN(C(=O)CCc3ccc(OC)cc3)CC2)C1. The lowest BCUT2D eigenvalue weighted by Gasteiger charge is -2.48. The van der Waals surface area contributed by atoms with Crippen LogP contribution in [0.3, 0.4) is 0 Å². The molecule has 2 aliphatic heterocycles. The first-order valence-electron chi connectivity index (χ1n) is 12.1. The van der Waals surface area contributed by atoms with Crippen LogP contribution in [0.15, 0.2) is 24.3 Å². The third kappa shape index (κ3) is 5.37. The Balaban J connectivity index is 1.28. The lowest BCUT2D eigenvalue weighted by atomic mass is 9.81. The number of nitrogens with zero attached hydrogens (tertiary/aromatic N) is 2. The van der Waals surface area contributed by atoms with Crippen molar-refractivity contribution in [3.8, 4) is 5.75 Å². The third-order valence-electron chi connectivity index (χ3n) is 7.18. The molecule has 0 aromatic heterocycles. The minimum absolute atomic E-state index is 0.0724. The molecule has 2 heterocycles. The Bertz CT molecular complexity index is 785. The molecule has 1 N–H and O–H groups in total. The second-order valence-corrected chi connectivity index (χ2v) is 9.38. The van der Waals surface area contributed by atoms with Crippen LogP contribution in [0.5, 0.6) is 5.75 Å². The summed E-state index contributed by atoms with van der Waals surface area (Å²) in [6.45, 7) is 4.79. The van der Waals surface area contributed by atoms with Crippen LogP contribution in [-0.4, -0.2) is 72.8 Å². The molecule has 1 aromatic rings. The van der Waals surface area contributed by atoms with Crippen LogP contribution in [0.1, 0.15) is 57.4 Å². The first-order valence-corrected chi connectivity index (χ1v) is 12.1. The Hall–Kier alpha value is -2.28. The number of aryl methyl sites for hydroxylation is 1. The van der Waals surface area contributed by atoms with E-state index in [2.05, 4.69) is 10.2 Å². The number of rotatable bonds is 7. The minimum Gasteiger partial charge on any atom is -0.497 e. The van der Waals surface area contributed by atoms with Crippen LogP contribution in [0, 0.1) is 0 Å². The maximum absolute atomic E-state index is 12.8. The summed E-state index contributed by atoms with van der Waals surface area (Å²) < 4.78 is 11.5. The summed E-state index contributed by atoms with van der Waals surface area (Å²) in [5.41, 5.74) is 0.951. The highest BCUT2D eigenvalue weighted by Crippen LogP contribution is 2.40. The Labute approximate surface area is 191 Å². The molecular formula is C25H37N3O4. The van der Waals surface area contributed by atoms with E-state index in [1.165, 1.54) is 0 Å². The maximum Gasteiger partial charge on any atom is 0.317 e. The van der Waals surface area contributed by atoms with Crippen LogP contribution in [-0.2, 0) is 16.0 Å². The van der Waals surface area contributed by atoms with Crippen LogP contribution < -0.4 is 10.1 Å². The number of methoxy groups -OCH3 is 1. The number of ether oxygens (including phenoxy) is 2. The predicted molar refractivity (Wildman–Crippen MR) is 123 cm³/mol. The number of hydrogen-bond donors (Lipinski definition) is 1. The summed E-state index contributed by atoms with van der Waals surface area (Å²) in [6, 6.07) is 8.62. The Morgan fingerprint density at radius 3 is 2.50 bits per heavy atom. The number of benzene rings is 1. The van der Waals surface area contributed by atoms with E-state index in [1.807, 2.05) is 36.1 Å². The molecule has 4 rings (SSSR count). The van der Waals surface area contributed by atoms with E-state index in [-0.39, 0.29) is 23.6 Å². The van der Waals surface area contributed by atoms with Gasteiger partial charge in [-0.05, 0) is 69.6 Å². The molecule has 7 heteroatoms. The number of likely N-dealkylation sites (tertiary alicyclic amines) is 1. The van der Waals surface area contributed by atoms with Crippen molar-refractivity contribution < 1.29 is 19.1 Å². The Kier molecular flexibility index (Phi) is 7.23. The van der Waals surface area contributed by atoms with Crippen molar-refractivity contribution in [3.05, 3.63) is 29.8 Å². The predicted octanol–water partition coefficient (Wildman–Crippen LogP) is 3.36. The van der Waals surface area contributed by atoms with Gasteiger partial charge in [0.05, 0.1) is 12.7 Å². The molecule has 1 aromatic carbocycles. The topological polar surface area (TPSA) is 71.1 Å². The Morgan fingerprint density at radius 1 is 1.16 bits per heavy atom. The van der Waals surface area contributed by atoms with Gasteiger partial charge >= 0.3 is 6.03 Å². The molecule has 3 fully saturated rings. The molecule has 3 aliphatic rings. The van der Waals surface area contributed by atoms with Crippen LogP contribution >= 0.6 is 0 Å². The fraction of sp³-hybridized carbons (Fsp3) is 0.680. The van der Waals surface area contributed by atoms with Gasteiger partial charge in [0.2, 0.25) is 5.91 Å². The molecule has 0 bridgehead atoms. The minimum atomic E-state index is -0.199. The quantitative estimate of drug-likeness (QED) is 0.702. The van der Waals surface area contributed by atoms with Gasteiger partial charge in [-0.2, -0.15) is 0 Å². The van der Waals surface area contributed by atoms with Gasteiger partial charge in [0.25, 0.3) is 0 Å². The van der Waals surface area contributed by atoms with Crippen LogP contribution in [0.25, 0.3) is 0 Å². The van der Waals surface area contributed by atoms with Gasteiger partial charge in [-0.3, -0.25) is 4.79 Å². The van der Waals surface area contributed by atoms with Gasteiger partial charge in [0.1, 0.15) is 5.75 Å². The lowest BCUT2D eigenvalue weighted by Crippen LogP contribution is -2.57. The van der Waals surface area contributed by atoms with Gasteiger partial charge in [0.15, 0.2) is 0 Å². The summed E-state index contributed by atoms with van der Waals surface area (Å²) in [6.07, 6.45) is 6.98. The fourth-order valence-electron chi connectivity index (χ4n) is 5.18. The zero-order valence-corrected chi connectivity index (χ0v) is 19.5.